The van der Waals surface area contributed by atoms with Gasteiger partial charge in [0.15, 0.2) is 0 Å². The molecule has 5 rings (SSSR count). The van der Waals surface area contributed by atoms with Gasteiger partial charge in [0, 0.05) is 49.8 Å². The van der Waals surface area contributed by atoms with Crippen molar-refractivity contribution in [2.75, 3.05) is 44.2 Å². The summed E-state index contributed by atoms with van der Waals surface area (Å²) in [4.78, 5) is 35.4. The van der Waals surface area contributed by atoms with Crippen LogP contribution in [-0.2, 0) is 21.4 Å². The number of fused-ring (bicyclic) bond motifs is 1. The van der Waals surface area contributed by atoms with Gasteiger partial charge in [-0.2, -0.15) is 4.31 Å². The van der Waals surface area contributed by atoms with Crippen LogP contribution in [0.4, 0.5) is 10.1 Å². The highest BCUT2D eigenvalue weighted by atomic mass is 32.2. The Morgan fingerprint density at radius 1 is 1.03 bits per heavy atom. The van der Waals surface area contributed by atoms with E-state index in [0.29, 0.717) is 49.0 Å². The van der Waals surface area contributed by atoms with Crippen LogP contribution < -0.4 is 10.5 Å². The normalized spacial score (nSPS) is 17.6. The van der Waals surface area contributed by atoms with E-state index in [9.17, 15) is 22.4 Å². The maximum Gasteiger partial charge on any atom is 0.263 e. The van der Waals surface area contributed by atoms with E-state index in [1.54, 1.807) is 24.0 Å². The molecule has 0 bridgehead atoms. The zero-order valence-corrected chi connectivity index (χ0v) is 21.7. The third-order valence-corrected chi connectivity index (χ3v) is 10.1. The van der Waals surface area contributed by atoms with E-state index in [0.717, 1.165) is 24.9 Å². The van der Waals surface area contributed by atoms with E-state index in [2.05, 4.69) is 9.88 Å². The van der Waals surface area contributed by atoms with E-state index in [1.165, 1.54) is 38.7 Å². The number of aromatic nitrogens is 2. The molecule has 9 nitrogen and oxygen atoms in total. The van der Waals surface area contributed by atoms with Crippen molar-refractivity contribution in [2.45, 2.75) is 37.6 Å². The van der Waals surface area contributed by atoms with Crippen LogP contribution in [-0.4, -0.2) is 72.3 Å². The Labute approximate surface area is 212 Å². The molecule has 2 saturated heterocycles. The lowest BCUT2D eigenvalue weighted by Crippen LogP contribution is -2.50. The Hall–Kier alpha value is -2.83. The molecule has 2 fully saturated rings. The van der Waals surface area contributed by atoms with Crippen LogP contribution in [0.1, 0.15) is 24.1 Å². The molecule has 0 N–H and O–H groups in total. The Morgan fingerprint density at radius 3 is 2.36 bits per heavy atom. The molecule has 2 aliphatic rings. The number of benzene rings is 1. The number of hydrogen-bond acceptors (Lipinski definition) is 7. The van der Waals surface area contributed by atoms with Crippen LogP contribution >= 0.6 is 11.3 Å². The second kappa shape index (κ2) is 9.91. The minimum atomic E-state index is -3.83. The molecule has 0 aliphatic carbocycles. The zero-order valence-electron chi connectivity index (χ0n) is 20.0. The highest BCUT2D eigenvalue weighted by molar-refractivity contribution is 7.89. The number of sulfonamides is 1. The fraction of sp³-hybridized carbons (Fsp3) is 0.458. The monoisotopic (exact) mass is 533 g/mol. The number of rotatable bonds is 5. The molecule has 3 aromatic rings. The second-order valence-electron chi connectivity index (χ2n) is 9.15. The predicted octanol–water partition coefficient (Wildman–Crippen LogP) is 2.43. The van der Waals surface area contributed by atoms with Crippen molar-refractivity contribution < 1.29 is 17.6 Å². The van der Waals surface area contributed by atoms with Gasteiger partial charge in [0.05, 0.1) is 11.7 Å². The van der Waals surface area contributed by atoms with Gasteiger partial charge in [0.1, 0.15) is 22.1 Å². The van der Waals surface area contributed by atoms with E-state index in [1.807, 2.05) is 0 Å². The number of carbonyl (C=O) groups excluding carboxylic acids is 1. The van der Waals surface area contributed by atoms with Crippen LogP contribution in [0.15, 0.2) is 40.3 Å². The summed E-state index contributed by atoms with van der Waals surface area (Å²) in [6, 6.07) is 6.25. The summed E-state index contributed by atoms with van der Waals surface area (Å²) < 4.78 is 42.7. The topological polar surface area (TPSA) is 95.8 Å². The average molecular weight is 534 g/mol. The Balaban J connectivity index is 1.35. The summed E-state index contributed by atoms with van der Waals surface area (Å²) in [5.74, 6) is -0.527. The molecule has 0 spiro atoms. The number of anilines is 1. The number of nitrogens with zero attached hydrogens (tertiary/aromatic N) is 5. The molecular formula is C24H28FN5O4S2. The molecule has 1 aromatic carbocycles. The van der Waals surface area contributed by atoms with E-state index < -0.39 is 15.6 Å². The molecule has 1 amide bonds. The van der Waals surface area contributed by atoms with Crippen molar-refractivity contribution in [1.82, 2.24) is 18.8 Å². The number of halogens is 1. The minimum Gasteiger partial charge on any atom is -0.368 e. The lowest BCUT2D eigenvalue weighted by molar-refractivity contribution is -0.132. The molecule has 192 valence electrons. The summed E-state index contributed by atoms with van der Waals surface area (Å²) in [6.07, 6.45) is 3.91. The summed E-state index contributed by atoms with van der Waals surface area (Å²) in [7, 11) is -3.83. The van der Waals surface area contributed by atoms with Crippen molar-refractivity contribution in [3.63, 3.8) is 0 Å². The van der Waals surface area contributed by atoms with Crippen molar-refractivity contribution in [3.8, 4) is 0 Å². The first-order chi connectivity index (χ1) is 17.3. The molecule has 0 saturated carbocycles. The number of piperidine rings is 1. The summed E-state index contributed by atoms with van der Waals surface area (Å²) in [6.45, 7) is 4.47. The van der Waals surface area contributed by atoms with Crippen LogP contribution in [0.5, 0.6) is 0 Å². The van der Waals surface area contributed by atoms with Crippen LogP contribution in [0.2, 0.25) is 0 Å². The number of thiophene rings is 1. The highest BCUT2D eigenvalue weighted by Crippen LogP contribution is 2.33. The smallest absolute Gasteiger partial charge is 0.263 e. The highest BCUT2D eigenvalue weighted by Gasteiger charge is 2.33. The van der Waals surface area contributed by atoms with Crippen molar-refractivity contribution >= 4 is 43.2 Å². The Bertz CT molecular complexity index is 1440. The number of hydrogen-bond donors (Lipinski definition) is 0. The Morgan fingerprint density at radius 2 is 1.69 bits per heavy atom. The van der Waals surface area contributed by atoms with Gasteiger partial charge in [0.25, 0.3) is 5.56 Å². The lowest BCUT2D eigenvalue weighted by Gasteiger charge is -2.36. The quantitative estimate of drug-likeness (QED) is 0.500. The predicted molar refractivity (Wildman–Crippen MR) is 136 cm³/mol. The van der Waals surface area contributed by atoms with Gasteiger partial charge >= 0.3 is 0 Å². The zero-order chi connectivity index (χ0) is 25.4. The first-order valence-electron chi connectivity index (χ1n) is 12.0. The minimum absolute atomic E-state index is 0.0246. The molecule has 4 heterocycles. The van der Waals surface area contributed by atoms with Gasteiger partial charge < -0.3 is 9.80 Å². The number of carbonyl (C=O) groups is 1. The van der Waals surface area contributed by atoms with Crippen molar-refractivity contribution in [3.05, 3.63) is 51.6 Å². The molecule has 36 heavy (non-hydrogen) atoms. The van der Waals surface area contributed by atoms with Crippen molar-refractivity contribution in [2.24, 2.45) is 0 Å². The van der Waals surface area contributed by atoms with Crippen molar-refractivity contribution in [1.29, 1.82) is 0 Å². The van der Waals surface area contributed by atoms with E-state index >= 15 is 0 Å². The van der Waals surface area contributed by atoms with Gasteiger partial charge in [-0.25, -0.2) is 17.8 Å². The largest absolute Gasteiger partial charge is 0.368 e. The van der Waals surface area contributed by atoms with Gasteiger partial charge in [-0.05, 0) is 44.0 Å². The fourth-order valence-electron chi connectivity index (χ4n) is 4.88. The van der Waals surface area contributed by atoms with Crippen LogP contribution in [0.3, 0.4) is 0 Å². The summed E-state index contributed by atoms with van der Waals surface area (Å²) in [5.41, 5.74) is 0.378. The first-order valence-corrected chi connectivity index (χ1v) is 14.3. The fourth-order valence-corrected chi connectivity index (χ4v) is 8.07. The standard InChI is InChI=1S/C24H28FN5O4S2/c1-17-22(36(33,34)30-9-3-2-4-10-30)21-23(35-17)26-16-29(24(21)32)15-20(31)28-13-11-27(12-14-28)19-7-5-18(25)6-8-19/h5-8,16H,2-4,9-15H2,1H3. The van der Waals surface area contributed by atoms with E-state index in [-0.39, 0.29) is 28.6 Å². The molecular weight excluding hydrogens is 505 g/mol. The summed E-state index contributed by atoms with van der Waals surface area (Å²) >= 11 is 1.18. The first kappa shape index (κ1) is 24.8. The number of aryl methyl sites for hydroxylation is 1. The lowest BCUT2D eigenvalue weighted by atomic mass is 10.2. The maximum absolute atomic E-state index is 13.4. The molecule has 12 heteroatoms. The number of amides is 1. The third kappa shape index (κ3) is 4.64. The third-order valence-electron chi connectivity index (χ3n) is 6.84. The van der Waals surface area contributed by atoms with E-state index in [4.69, 9.17) is 0 Å². The van der Waals surface area contributed by atoms with Crippen LogP contribution in [0, 0.1) is 12.7 Å². The van der Waals surface area contributed by atoms with Gasteiger partial charge in [-0.15, -0.1) is 11.3 Å². The average Bonchev–Trinajstić information content (AvgIpc) is 3.24. The second-order valence-corrected chi connectivity index (χ2v) is 12.2. The summed E-state index contributed by atoms with van der Waals surface area (Å²) in [5, 5.41) is 0.0690. The van der Waals surface area contributed by atoms with Gasteiger partial charge in [-0.3, -0.25) is 14.2 Å². The molecule has 0 unspecified atom stereocenters. The maximum atomic E-state index is 13.4. The SMILES string of the molecule is Cc1sc2ncn(CC(=O)N3CCN(c4ccc(F)cc4)CC3)c(=O)c2c1S(=O)(=O)N1CCCCC1. The molecule has 2 aromatic heterocycles. The molecule has 2 aliphatic heterocycles. The van der Waals surface area contributed by atoms with Gasteiger partial charge in [-0.1, -0.05) is 6.42 Å². The molecule has 0 radical (unpaired) electrons. The Kier molecular flexibility index (Phi) is 6.84. The van der Waals surface area contributed by atoms with Crippen LogP contribution in [0.25, 0.3) is 10.2 Å². The van der Waals surface area contributed by atoms with Gasteiger partial charge in [0.2, 0.25) is 15.9 Å². The molecule has 0 atom stereocenters. The number of piperazine rings is 1.